The number of amides is 1. The van der Waals surface area contributed by atoms with Gasteiger partial charge in [0.1, 0.15) is 5.69 Å². The van der Waals surface area contributed by atoms with Gasteiger partial charge in [0.15, 0.2) is 5.65 Å². The Morgan fingerprint density at radius 1 is 1.03 bits per heavy atom. The second-order valence-electron chi connectivity index (χ2n) is 9.03. The zero-order valence-corrected chi connectivity index (χ0v) is 18.7. The Bertz CT molecular complexity index is 1450. The molecule has 1 aliphatic carbocycles. The highest BCUT2D eigenvalue weighted by atomic mass is 16.1. The normalized spacial score (nSPS) is 14.6. The van der Waals surface area contributed by atoms with Crippen LogP contribution in [0.25, 0.3) is 44.6 Å². The van der Waals surface area contributed by atoms with Crippen LogP contribution in [0, 0.1) is 5.92 Å². The van der Waals surface area contributed by atoms with Crippen molar-refractivity contribution in [3.8, 4) is 22.5 Å². The molecule has 3 N–H and O–H groups in total. The predicted octanol–water partition coefficient (Wildman–Crippen LogP) is 5.47. The first-order valence-corrected chi connectivity index (χ1v) is 11.8. The van der Waals surface area contributed by atoms with Crippen LogP contribution < -0.4 is 5.32 Å². The molecule has 5 aromatic heterocycles. The molecule has 0 aliphatic heterocycles. The fourth-order valence-electron chi connectivity index (χ4n) is 4.88. The topological polar surface area (TPSA) is 112 Å². The van der Waals surface area contributed by atoms with Crippen molar-refractivity contribution in [3.05, 3.63) is 55.1 Å². The van der Waals surface area contributed by atoms with E-state index in [0.29, 0.717) is 23.7 Å². The molecule has 1 aliphatic rings. The lowest BCUT2D eigenvalue weighted by Crippen LogP contribution is -2.18. The minimum absolute atomic E-state index is 0.0592. The highest BCUT2D eigenvalue weighted by Crippen LogP contribution is 2.31. The molecular weight excluding hydrogens is 426 g/mol. The molecule has 0 aromatic carbocycles. The Kier molecular flexibility index (Phi) is 5.25. The fraction of sp³-hybridized carbons (Fsp3) is 0.269. The number of nitrogens with zero attached hydrogens (tertiary/aromatic N) is 4. The van der Waals surface area contributed by atoms with Crippen LogP contribution in [-0.4, -0.2) is 36.0 Å². The van der Waals surface area contributed by atoms with Gasteiger partial charge in [-0.3, -0.25) is 19.9 Å². The Hall–Kier alpha value is -4.07. The van der Waals surface area contributed by atoms with E-state index >= 15 is 0 Å². The lowest BCUT2D eigenvalue weighted by molar-refractivity contribution is -0.117. The highest BCUT2D eigenvalue weighted by Gasteiger charge is 2.18. The quantitative estimate of drug-likeness (QED) is 0.328. The predicted molar refractivity (Wildman–Crippen MR) is 132 cm³/mol. The summed E-state index contributed by atoms with van der Waals surface area (Å²) in [4.78, 5) is 29.3. The Labute approximate surface area is 196 Å². The van der Waals surface area contributed by atoms with Gasteiger partial charge in [0.05, 0.1) is 28.6 Å². The zero-order valence-electron chi connectivity index (χ0n) is 18.7. The van der Waals surface area contributed by atoms with Crippen molar-refractivity contribution < 1.29 is 4.79 Å². The molecule has 1 saturated carbocycles. The zero-order chi connectivity index (χ0) is 22.9. The molecule has 0 radical (unpaired) electrons. The monoisotopic (exact) mass is 451 g/mol. The van der Waals surface area contributed by atoms with Crippen LogP contribution in [0.5, 0.6) is 0 Å². The van der Waals surface area contributed by atoms with Crippen molar-refractivity contribution >= 4 is 33.7 Å². The molecule has 6 rings (SSSR count). The molecule has 1 amide bonds. The van der Waals surface area contributed by atoms with E-state index in [-0.39, 0.29) is 5.91 Å². The van der Waals surface area contributed by atoms with Gasteiger partial charge >= 0.3 is 0 Å². The van der Waals surface area contributed by atoms with Gasteiger partial charge in [0, 0.05) is 41.5 Å². The van der Waals surface area contributed by atoms with E-state index < -0.39 is 0 Å². The number of fused-ring (bicyclic) bond motifs is 2. The maximum absolute atomic E-state index is 12.6. The van der Waals surface area contributed by atoms with Crippen LogP contribution in [0.15, 0.2) is 55.1 Å². The average molecular weight is 452 g/mol. The summed E-state index contributed by atoms with van der Waals surface area (Å²) in [6.45, 7) is 0. The minimum Gasteiger partial charge on any atom is -0.352 e. The van der Waals surface area contributed by atoms with Gasteiger partial charge in [-0.25, -0.2) is 4.98 Å². The first-order valence-electron chi connectivity index (χ1n) is 11.8. The van der Waals surface area contributed by atoms with Crippen LogP contribution in [0.4, 0.5) is 5.69 Å². The van der Waals surface area contributed by atoms with E-state index in [1.54, 1.807) is 24.8 Å². The average Bonchev–Trinajstić information content (AvgIpc) is 3.48. The van der Waals surface area contributed by atoms with E-state index in [1.165, 1.54) is 19.3 Å². The van der Waals surface area contributed by atoms with E-state index in [9.17, 15) is 4.79 Å². The minimum atomic E-state index is 0.0592. The van der Waals surface area contributed by atoms with Gasteiger partial charge < -0.3 is 10.3 Å². The van der Waals surface area contributed by atoms with Gasteiger partial charge in [0.25, 0.3) is 0 Å². The molecule has 0 atom stereocenters. The lowest BCUT2D eigenvalue weighted by atomic mass is 9.87. The molecule has 0 unspecified atom stereocenters. The largest absolute Gasteiger partial charge is 0.352 e. The van der Waals surface area contributed by atoms with Crippen LogP contribution >= 0.6 is 0 Å². The van der Waals surface area contributed by atoms with Crippen molar-refractivity contribution in [2.45, 2.75) is 38.5 Å². The van der Waals surface area contributed by atoms with Crippen LogP contribution in [-0.2, 0) is 4.79 Å². The van der Waals surface area contributed by atoms with E-state index in [0.717, 1.165) is 51.8 Å². The maximum atomic E-state index is 12.6. The molecule has 1 fully saturated rings. The molecule has 0 bridgehead atoms. The Morgan fingerprint density at radius 3 is 2.79 bits per heavy atom. The number of carbonyl (C=O) groups is 1. The molecular formula is C26H25N7O. The first-order chi connectivity index (χ1) is 16.7. The number of pyridine rings is 3. The third-order valence-electron chi connectivity index (χ3n) is 6.61. The van der Waals surface area contributed by atoms with E-state index in [2.05, 4.69) is 35.5 Å². The second kappa shape index (κ2) is 8.70. The smallest absolute Gasteiger partial charge is 0.224 e. The van der Waals surface area contributed by atoms with Gasteiger partial charge in [-0.05, 0) is 49.1 Å². The number of hydrogen-bond donors (Lipinski definition) is 3. The summed E-state index contributed by atoms with van der Waals surface area (Å²) in [6, 6.07) is 9.87. The first kappa shape index (κ1) is 20.5. The number of carbonyl (C=O) groups excluding carboxylic acids is 1. The number of nitrogens with one attached hydrogen (secondary N) is 3. The van der Waals surface area contributed by atoms with E-state index in [1.807, 2.05) is 30.3 Å². The van der Waals surface area contributed by atoms with Gasteiger partial charge in [-0.2, -0.15) is 5.10 Å². The summed E-state index contributed by atoms with van der Waals surface area (Å²) in [7, 11) is 0. The molecule has 5 heterocycles. The summed E-state index contributed by atoms with van der Waals surface area (Å²) in [5.41, 5.74) is 6.70. The fourth-order valence-corrected chi connectivity index (χ4v) is 4.88. The number of aromatic amines is 2. The summed E-state index contributed by atoms with van der Waals surface area (Å²) in [5.74, 6) is 0.555. The molecule has 5 aromatic rings. The van der Waals surface area contributed by atoms with Crippen molar-refractivity contribution in [1.82, 2.24) is 30.1 Å². The molecule has 8 nitrogen and oxygen atoms in total. The molecule has 34 heavy (non-hydrogen) atoms. The maximum Gasteiger partial charge on any atom is 0.224 e. The molecule has 0 spiro atoms. The van der Waals surface area contributed by atoms with E-state index in [4.69, 9.17) is 0 Å². The van der Waals surface area contributed by atoms with Crippen molar-refractivity contribution in [3.63, 3.8) is 0 Å². The second-order valence-corrected chi connectivity index (χ2v) is 9.03. The van der Waals surface area contributed by atoms with Crippen molar-refractivity contribution in [1.29, 1.82) is 0 Å². The third-order valence-corrected chi connectivity index (χ3v) is 6.61. The Balaban J connectivity index is 1.27. The number of rotatable bonds is 5. The number of hydrogen-bond acceptors (Lipinski definition) is 5. The van der Waals surface area contributed by atoms with Crippen molar-refractivity contribution in [2.75, 3.05) is 5.32 Å². The van der Waals surface area contributed by atoms with Gasteiger partial charge in [-0.1, -0.05) is 19.3 Å². The van der Waals surface area contributed by atoms with Crippen molar-refractivity contribution in [2.24, 2.45) is 5.92 Å². The molecule has 0 saturated heterocycles. The third kappa shape index (κ3) is 4.03. The standard InChI is InChI=1S/C26H25N7O/c34-24(9-16-5-2-1-3-6-16)30-19-10-17(13-27-15-19)18-11-20-25(32-33-26(20)29-14-18)23-12-22-21(31-23)7-4-8-28-22/h4,7-8,10-16,31H,1-3,5-6,9H2,(H,30,34)(H,29,32,33). The summed E-state index contributed by atoms with van der Waals surface area (Å²) in [6.07, 6.45) is 13.7. The highest BCUT2D eigenvalue weighted by molar-refractivity contribution is 5.95. The number of H-pyrrole nitrogens is 2. The molecule has 8 heteroatoms. The summed E-state index contributed by atoms with van der Waals surface area (Å²) >= 11 is 0. The number of aromatic nitrogens is 6. The van der Waals surface area contributed by atoms with Crippen LogP contribution in [0.1, 0.15) is 38.5 Å². The van der Waals surface area contributed by atoms with Gasteiger partial charge in [0.2, 0.25) is 5.91 Å². The SMILES string of the molecule is O=C(CC1CCCCC1)Nc1cncc(-c2cnc3[nH]nc(-c4cc5ncccc5[nH]4)c3c2)c1. The van der Waals surface area contributed by atoms with Gasteiger partial charge in [-0.15, -0.1) is 0 Å². The van der Waals surface area contributed by atoms with Crippen LogP contribution in [0.2, 0.25) is 0 Å². The molecule has 170 valence electrons. The summed E-state index contributed by atoms with van der Waals surface area (Å²) in [5, 5.41) is 11.4. The lowest BCUT2D eigenvalue weighted by Gasteiger charge is -2.20. The van der Waals surface area contributed by atoms with Crippen LogP contribution in [0.3, 0.4) is 0 Å². The number of anilines is 1. The Morgan fingerprint density at radius 2 is 1.91 bits per heavy atom. The summed E-state index contributed by atoms with van der Waals surface area (Å²) < 4.78 is 0.